The number of nitrogens with zero attached hydrogens (tertiary/aromatic N) is 3. The summed E-state index contributed by atoms with van der Waals surface area (Å²) in [6.07, 6.45) is 4.07. The molecule has 0 saturated heterocycles. The Hall–Kier alpha value is -3.53. The molecular weight excluding hydrogens is 382 g/mol. The molecule has 2 heterocycles. The molecule has 0 aliphatic heterocycles. The molecule has 9 nitrogen and oxygen atoms in total. The van der Waals surface area contributed by atoms with E-state index >= 15 is 0 Å². The molecule has 10 heteroatoms. The van der Waals surface area contributed by atoms with Gasteiger partial charge in [0.15, 0.2) is 21.3 Å². The fourth-order valence-electron chi connectivity index (χ4n) is 2.41. The van der Waals surface area contributed by atoms with Crippen molar-refractivity contribution in [1.29, 1.82) is 0 Å². The fraction of sp³-hybridized carbons (Fsp3) is 0.111. The first-order valence-corrected chi connectivity index (χ1v) is 9.92. The molecule has 28 heavy (non-hydrogen) atoms. The summed E-state index contributed by atoms with van der Waals surface area (Å²) in [7, 11) is -1.87. The summed E-state index contributed by atoms with van der Waals surface area (Å²) in [4.78, 5) is 25.1. The van der Waals surface area contributed by atoms with Gasteiger partial charge in [0.2, 0.25) is 5.88 Å². The number of nitrogens with one attached hydrogen (secondary N) is 1. The molecule has 3 rings (SSSR count). The molecule has 0 bridgehead atoms. The maximum atomic E-state index is 12.6. The summed E-state index contributed by atoms with van der Waals surface area (Å²) in [5.41, 5.74) is 7.06. The van der Waals surface area contributed by atoms with Gasteiger partial charge in [-0.3, -0.25) is 4.79 Å². The number of carbonyl (C=O) groups excluding carboxylic acids is 1. The zero-order chi connectivity index (χ0) is 20.3. The van der Waals surface area contributed by atoms with Crippen molar-refractivity contribution >= 4 is 27.2 Å². The second-order valence-corrected chi connectivity index (χ2v) is 7.82. The maximum Gasteiger partial charge on any atom is 0.278 e. The number of benzene rings is 1. The van der Waals surface area contributed by atoms with Crippen LogP contribution < -0.4 is 15.8 Å². The van der Waals surface area contributed by atoms with Crippen LogP contribution in [0.2, 0.25) is 0 Å². The van der Waals surface area contributed by atoms with Crippen LogP contribution in [-0.2, 0) is 9.84 Å². The third-order valence-corrected chi connectivity index (χ3v) is 4.94. The van der Waals surface area contributed by atoms with Crippen LogP contribution >= 0.6 is 0 Å². The quantitative estimate of drug-likeness (QED) is 0.662. The lowest BCUT2D eigenvalue weighted by Gasteiger charge is -2.10. The first kappa shape index (κ1) is 19.2. The van der Waals surface area contributed by atoms with Crippen LogP contribution in [0.25, 0.3) is 11.3 Å². The van der Waals surface area contributed by atoms with Gasteiger partial charge in [0, 0.05) is 18.0 Å². The number of hydrogen-bond acceptors (Lipinski definition) is 8. The number of aromatic nitrogens is 3. The number of sulfone groups is 1. The topological polar surface area (TPSA) is 137 Å². The Morgan fingerprint density at radius 3 is 2.50 bits per heavy atom. The molecule has 0 fully saturated rings. The summed E-state index contributed by atoms with van der Waals surface area (Å²) >= 11 is 0. The Kier molecular flexibility index (Phi) is 5.23. The molecule has 0 saturated carbocycles. The minimum Gasteiger partial charge on any atom is -0.480 e. The lowest BCUT2D eigenvalue weighted by molar-refractivity contribution is 0.102. The first-order chi connectivity index (χ1) is 13.3. The van der Waals surface area contributed by atoms with Crippen molar-refractivity contribution in [2.45, 2.75) is 4.90 Å². The van der Waals surface area contributed by atoms with E-state index in [2.05, 4.69) is 20.3 Å². The highest BCUT2D eigenvalue weighted by Gasteiger charge is 2.17. The van der Waals surface area contributed by atoms with Crippen molar-refractivity contribution in [1.82, 2.24) is 15.0 Å². The van der Waals surface area contributed by atoms with Crippen molar-refractivity contribution < 1.29 is 17.9 Å². The number of amides is 1. The monoisotopic (exact) mass is 399 g/mol. The number of nitrogens with two attached hydrogens (primary N) is 1. The molecule has 0 unspecified atom stereocenters. The normalized spacial score (nSPS) is 11.1. The van der Waals surface area contributed by atoms with Crippen molar-refractivity contribution in [2.75, 3.05) is 24.4 Å². The van der Waals surface area contributed by atoms with Gasteiger partial charge in [0.1, 0.15) is 5.69 Å². The van der Waals surface area contributed by atoms with E-state index in [4.69, 9.17) is 10.5 Å². The van der Waals surface area contributed by atoms with Gasteiger partial charge in [0.05, 0.1) is 23.9 Å². The predicted molar refractivity (Wildman–Crippen MR) is 104 cm³/mol. The Morgan fingerprint density at radius 2 is 1.86 bits per heavy atom. The minimum atomic E-state index is -3.31. The third-order valence-electron chi connectivity index (χ3n) is 3.81. The fourth-order valence-corrected chi connectivity index (χ4v) is 3.04. The highest BCUT2D eigenvalue weighted by Crippen LogP contribution is 2.23. The SMILES string of the molecule is COc1ncccc1NC(=O)c1nc(-c2ccc(S(C)(=O)=O)cc2)cnc1N. The van der Waals surface area contributed by atoms with Crippen LogP contribution in [0.3, 0.4) is 0 Å². The summed E-state index contributed by atoms with van der Waals surface area (Å²) in [5.74, 6) is -0.377. The Balaban J connectivity index is 1.92. The summed E-state index contributed by atoms with van der Waals surface area (Å²) < 4.78 is 28.3. The van der Waals surface area contributed by atoms with Crippen LogP contribution in [0.5, 0.6) is 5.88 Å². The number of pyridine rings is 1. The van der Waals surface area contributed by atoms with E-state index < -0.39 is 15.7 Å². The number of nitrogen functional groups attached to an aromatic ring is 1. The van der Waals surface area contributed by atoms with Gasteiger partial charge in [0.25, 0.3) is 5.91 Å². The van der Waals surface area contributed by atoms with Gasteiger partial charge >= 0.3 is 0 Å². The number of hydrogen-bond donors (Lipinski definition) is 2. The van der Waals surface area contributed by atoms with E-state index in [1.807, 2.05) is 0 Å². The van der Waals surface area contributed by atoms with Crippen LogP contribution in [0, 0.1) is 0 Å². The predicted octanol–water partition coefficient (Wildman–Crippen LogP) is 1.79. The molecular formula is C18H17N5O4S. The molecule has 0 radical (unpaired) electrons. The van der Waals surface area contributed by atoms with E-state index in [0.29, 0.717) is 16.9 Å². The minimum absolute atomic E-state index is 0.0446. The molecule has 0 atom stereocenters. The third kappa shape index (κ3) is 4.07. The smallest absolute Gasteiger partial charge is 0.278 e. The van der Waals surface area contributed by atoms with Gasteiger partial charge in [-0.1, -0.05) is 12.1 Å². The average molecular weight is 399 g/mol. The van der Waals surface area contributed by atoms with Gasteiger partial charge < -0.3 is 15.8 Å². The summed E-state index contributed by atoms with van der Waals surface area (Å²) in [6.45, 7) is 0. The van der Waals surface area contributed by atoms with Crippen LogP contribution in [0.1, 0.15) is 10.5 Å². The number of rotatable bonds is 5. The highest BCUT2D eigenvalue weighted by atomic mass is 32.2. The molecule has 2 aromatic heterocycles. The van der Waals surface area contributed by atoms with E-state index in [0.717, 1.165) is 6.26 Å². The number of methoxy groups -OCH3 is 1. The Morgan fingerprint density at radius 1 is 1.14 bits per heavy atom. The second kappa shape index (κ2) is 7.61. The van der Waals surface area contributed by atoms with E-state index in [1.165, 1.54) is 31.6 Å². The standard InChI is InChI=1S/C18H17N5O4S/c1-27-18-13(4-3-9-20-18)23-17(24)15-16(19)21-10-14(22-15)11-5-7-12(8-6-11)28(2,25)26/h3-10H,1-2H3,(H2,19,21)(H,23,24). The molecule has 0 aliphatic carbocycles. The molecule has 0 aliphatic rings. The van der Waals surface area contributed by atoms with Crippen LogP contribution in [0.4, 0.5) is 11.5 Å². The van der Waals surface area contributed by atoms with E-state index in [9.17, 15) is 13.2 Å². The lowest BCUT2D eigenvalue weighted by atomic mass is 10.1. The summed E-state index contributed by atoms with van der Waals surface area (Å²) in [6, 6.07) is 9.37. The van der Waals surface area contributed by atoms with Gasteiger partial charge in [-0.2, -0.15) is 0 Å². The molecule has 144 valence electrons. The zero-order valence-electron chi connectivity index (χ0n) is 15.1. The van der Waals surface area contributed by atoms with Crippen molar-refractivity contribution in [3.8, 4) is 17.1 Å². The zero-order valence-corrected chi connectivity index (χ0v) is 15.9. The molecule has 1 amide bonds. The van der Waals surface area contributed by atoms with Crippen LogP contribution in [-0.4, -0.2) is 42.6 Å². The number of carbonyl (C=O) groups is 1. The van der Waals surface area contributed by atoms with E-state index in [1.54, 1.807) is 24.3 Å². The van der Waals surface area contributed by atoms with Crippen molar-refractivity contribution in [3.05, 3.63) is 54.5 Å². The van der Waals surface area contributed by atoms with Gasteiger partial charge in [-0.05, 0) is 24.3 Å². The van der Waals surface area contributed by atoms with E-state index in [-0.39, 0.29) is 22.3 Å². The molecule has 0 spiro atoms. The Labute approximate surface area is 161 Å². The lowest BCUT2D eigenvalue weighted by Crippen LogP contribution is -2.18. The molecule has 3 N–H and O–H groups in total. The number of ether oxygens (including phenoxy) is 1. The molecule has 3 aromatic rings. The second-order valence-electron chi connectivity index (χ2n) is 5.80. The maximum absolute atomic E-state index is 12.6. The largest absolute Gasteiger partial charge is 0.480 e. The summed E-state index contributed by atoms with van der Waals surface area (Å²) in [5, 5.41) is 2.64. The van der Waals surface area contributed by atoms with Crippen molar-refractivity contribution in [2.24, 2.45) is 0 Å². The van der Waals surface area contributed by atoms with Gasteiger partial charge in [-0.15, -0.1) is 0 Å². The first-order valence-electron chi connectivity index (χ1n) is 8.03. The Bertz CT molecular complexity index is 1130. The van der Waals surface area contributed by atoms with Crippen molar-refractivity contribution in [3.63, 3.8) is 0 Å². The highest BCUT2D eigenvalue weighted by molar-refractivity contribution is 7.90. The molecule has 1 aromatic carbocycles. The van der Waals surface area contributed by atoms with Gasteiger partial charge in [-0.25, -0.2) is 23.4 Å². The number of anilines is 2. The average Bonchev–Trinajstić information content (AvgIpc) is 2.68. The van der Waals surface area contributed by atoms with Crippen LogP contribution in [0.15, 0.2) is 53.7 Å².